The first-order chi connectivity index (χ1) is 12.0. The van der Waals surface area contributed by atoms with Crippen LogP contribution in [0.25, 0.3) is 11.3 Å². The highest BCUT2D eigenvalue weighted by Crippen LogP contribution is 2.17. The van der Waals surface area contributed by atoms with Crippen molar-refractivity contribution < 1.29 is 14.1 Å². The van der Waals surface area contributed by atoms with E-state index >= 15 is 0 Å². The number of benzene rings is 2. The number of ether oxygens (including phenoxy) is 1. The molecule has 0 aliphatic rings. The molecule has 0 spiro atoms. The van der Waals surface area contributed by atoms with Crippen LogP contribution in [-0.2, 0) is 6.42 Å². The fourth-order valence-electron chi connectivity index (χ4n) is 2.27. The fraction of sp³-hybridized carbons (Fsp3) is 0.200. The summed E-state index contributed by atoms with van der Waals surface area (Å²) < 4.78 is 10.8. The molecule has 0 bridgehead atoms. The molecule has 0 radical (unpaired) electrons. The Kier molecular flexibility index (Phi) is 6.34. The molecule has 0 saturated carbocycles. The number of rotatable bonds is 3. The summed E-state index contributed by atoms with van der Waals surface area (Å²) in [7, 11) is 1.69. The molecule has 3 aromatic rings. The van der Waals surface area contributed by atoms with Crippen LogP contribution in [0.15, 0.2) is 70.0 Å². The minimum atomic E-state index is -0.524. The second-order valence-corrected chi connectivity index (χ2v) is 5.32. The van der Waals surface area contributed by atoms with Crippen molar-refractivity contribution in [3.8, 4) is 17.0 Å². The van der Waals surface area contributed by atoms with E-state index in [0.29, 0.717) is 5.69 Å². The molecule has 0 amide bonds. The number of hydrogen-bond donors (Lipinski definition) is 0. The maximum atomic E-state index is 11.2. The van der Waals surface area contributed by atoms with Crippen molar-refractivity contribution in [2.75, 3.05) is 7.11 Å². The summed E-state index contributed by atoms with van der Waals surface area (Å²) in [4.78, 5) is 22.2. The summed E-state index contributed by atoms with van der Waals surface area (Å²) >= 11 is 0. The molecule has 130 valence electrons. The van der Waals surface area contributed by atoms with Crippen LogP contribution in [0.2, 0.25) is 0 Å². The molecule has 0 aliphatic carbocycles. The van der Waals surface area contributed by atoms with Gasteiger partial charge in [0.2, 0.25) is 0 Å². The second kappa shape index (κ2) is 8.68. The molecule has 3 rings (SSSR count). The average molecular weight is 339 g/mol. The Balaban J connectivity index is 0.000000196. The Hall–Kier alpha value is -3.08. The molecule has 25 heavy (non-hydrogen) atoms. The molecule has 0 aliphatic heterocycles. The first kappa shape index (κ1) is 18.3. The number of aryl methyl sites for hydroxylation is 1. The Morgan fingerprint density at radius 1 is 1.08 bits per heavy atom. The van der Waals surface area contributed by atoms with Gasteiger partial charge in [-0.3, -0.25) is 4.79 Å². The SMILES string of the molecule is CC(=O)n1oc(=O)cc1-c1ccccc1.CCc1cccc(OC)c1. The van der Waals surface area contributed by atoms with Gasteiger partial charge >= 0.3 is 5.63 Å². The van der Waals surface area contributed by atoms with Crippen LogP contribution in [-0.4, -0.2) is 17.8 Å². The van der Waals surface area contributed by atoms with Crippen molar-refractivity contribution in [3.05, 3.63) is 76.6 Å². The molecule has 0 saturated heterocycles. The zero-order valence-corrected chi connectivity index (χ0v) is 14.6. The van der Waals surface area contributed by atoms with E-state index in [9.17, 15) is 9.59 Å². The smallest absolute Gasteiger partial charge is 0.358 e. The number of methoxy groups -OCH3 is 1. The summed E-state index contributed by atoms with van der Waals surface area (Å²) in [6.07, 6.45) is 1.07. The van der Waals surface area contributed by atoms with Crippen molar-refractivity contribution in [1.29, 1.82) is 0 Å². The Labute approximate surface area is 146 Å². The highest BCUT2D eigenvalue weighted by atomic mass is 16.5. The van der Waals surface area contributed by atoms with Gasteiger partial charge in [-0.25, -0.2) is 4.79 Å². The van der Waals surface area contributed by atoms with E-state index in [4.69, 9.17) is 9.26 Å². The average Bonchev–Trinajstić information content (AvgIpc) is 3.05. The van der Waals surface area contributed by atoms with Crippen molar-refractivity contribution in [3.63, 3.8) is 0 Å². The lowest BCUT2D eigenvalue weighted by Gasteiger charge is -2.00. The van der Waals surface area contributed by atoms with Gasteiger partial charge in [-0.15, -0.1) is 4.74 Å². The highest BCUT2D eigenvalue weighted by Gasteiger charge is 2.11. The molecule has 0 unspecified atom stereocenters. The monoisotopic (exact) mass is 339 g/mol. The fourth-order valence-corrected chi connectivity index (χ4v) is 2.27. The van der Waals surface area contributed by atoms with Gasteiger partial charge in [0.1, 0.15) is 5.75 Å². The second-order valence-electron chi connectivity index (χ2n) is 5.32. The Morgan fingerprint density at radius 3 is 2.40 bits per heavy atom. The Morgan fingerprint density at radius 2 is 1.80 bits per heavy atom. The highest BCUT2D eigenvalue weighted by molar-refractivity contribution is 5.80. The van der Waals surface area contributed by atoms with Gasteiger partial charge in [0.25, 0.3) is 5.91 Å². The Bertz CT molecular complexity index is 859. The standard InChI is InChI=1S/C11H9NO3.C9H12O/c1-8(13)12-10(7-11(14)15-12)9-5-3-2-4-6-9;1-3-8-5-4-6-9(7-8)10-2/h2-7H,1H3;4-7H,3H2,1-2H3. The van der Waals surface area contributed by atoms with E-state index in [1.54, 1.807) is 7.11 Å². The minimum absolute atomic E-state index is 0.323. The molecule has 2 aromatic carbocycles. The summed E-state index contributed by atoms with van der Waals surface area (Å²) in [5, 5.41) is 0. The summed E-state index contributed by atoms with van der Waals surface area (Å²) in [5.41, 5.74) is 2.05. The van der Waals surface area contributed by atoms with Crippen LogP contribution in [0.5, 0.6) is 5.75 Å². The van der Waals surface area contributed by atoms with Gasteiger partial charge in [-0.1, -0.05) is 49.4 Å². The maximum Gasteiger partial charge on any atom is 0.358 e. The molecular formula is C20H21NO4. The number of nitrogens with zero attached hydrogens (tertiary/aromatic N) is 1. The number of carbonyl (C=O) groups is 1. The van der Waals surface area contributed by atoms with Gasteiger partial charge in [0, 0.05) is 12.5 Å². The first-order valence-corrected chi connectivity index (χ1v) is 7.97. The summed E-state index contributed by atoms with van der Waals surface area (Å²) in [6, 6.07) is 18.6. The molecule has 1 aromatic heterocycles. The quantitative estimate of drug-likeness (QED) is 0.723. The third-order valence-corrected chi connectivity index (χ3v) is 3.55. The van der Waals surface area contributed by atoms with E-state index in [0.717, 1.165) is 22.5 Å². The van der Waals surface area contributed by atoms with Gasteiger partial charge in [0.15, 0.2) is 0 Å². The van der Waals surface area contributed by atoms with E-state index in [1.807, 2.05) is 42.5 Å². The molecule has 0 N–H and O–H groups in total. The van der Waals surface area contributed by atoms with E-state index in [-0.39, 0.29) is 5.91 Å². The van der Waals surface area contributed by atoms with Crippen molar-refractivity contribution >= 4 is 5.91 Å². The van der Waals surface area contributed by atoms with Gasteiger partial charge in [-0.05, 0) is 24.1 Å². The normalized spacial score (nSPS) is 9.88. The van der Waals surface area contributed by atoms with Crippen molar-refractivity contribution in [2.45, 2.75) is 20.3 Å². The zero-order chi connectivity index (χ0) is 18.2. The van der Waals surface area contributed by atoms with Gasteiger partial charge < -0.3 is 9.26 Å². The largest absolute Gasteiger partial charge is 0.497 e. The third-order valence-electron chi connectivity index (χ3n) is 3.55. The predicted molar refractivity (Wildman–Crippen MR) is 97.1 cm³/mol. The number of aromatic nitrogens is 1. The van der Waals surface area contributed by atoms with Crippen LogP contribution in [0.4, 0.5) is 0 Å². The van der Waals surface area contributed by atoms with Crippen LogP contribution in [0.1, 0.15) is 24.2 Å². The lowest BCUT2D eigenvalue weighted by atomic mass is 10.1. The summed E-state index contributed by atoms with van der Waals surface area (Å²) in [5.74, 6) is 0.621. The van der Waals surface area contributed by atoms with Crippen LogP contribution in [0.3, 0.4) is 0 Å². The molecule has 0 fully saturated rings. The molecule has 5 nitrogen and oxygen atoms in total. The molecule has 0 atom stereocenters. The van der Waals surface area contributed by atoms with Crippen molar-refractivity contribution in [2.24, 2.45) is 0 Å². The van der Waals surface area contributed by atoms with Crippen LogP contribution in [0, 0.1) is 0 Å². The lowest BCUT2D eigenvalue weighted by Crippen LogP contribution is -2.06. The van der Waals surface area contributed by atoms with E-state index in [1.165, 1.54) is 18.6 Å². The third kappa shape index (κ3) is 4.94. The van der Waals surface area contributed by atoms with Crippen molar-refractivity contribution in [1.82, 2.24) is 4.74 Å². The predicted octanol–water partition coefficient (Wildman–Crippen LogP) is 4.03. The van der Waals surface area contributed by atoms with Crippen LogP contribution >= 0.6 is 0 Å². The molecule has 5 heteroatoms. The summed E-state index contributed by atoms with van der Waals surface area (Å²) in [6.45, 7) is 3.48. The lowest BCUT2D eigenvalue weighted by molar-refractivity contribution is 0.0817. The molecular weight excluding hydrogens is 318 g/mol. The first-order valence-electron chi connectivity index (χ1n) is 7.97. The van der Waals surface area contributed by atoms with Gasteiger partial charge in [0.05, 0.1) is 18.9 Å². The number of carbonyl (C=O) groups excluding carboxylic acids is 1. The van der Waals surface area contributed by atoms with Gasteiger partial charge in [-0.2, -0.15) is 0 Å². The minimum Gasteiger partial charge on any atom is -0.497 e. The molecule has 1 heterocycles. The van der Waals surface area contributed by atoms with E-state index in [2.05, 4.69) is 19.1 Å². The topological polar surface area (TPSA) is 61.4 Å². The zero-order valence-electron chi connectivity index (χ0n) is 14.6. The maximum absolute atomic E-state index is 11.2. The van der Waals surface area contributed by atoms with Crippen LogP contribution < -0.4 is 10.4 Å². The number of hydrogen-bond acceptors (Lipinski definition) is 4. The van der Waals surface area contributed by atoms with E-state index < -0.39 is 5.63 Å².